The van der Waals surface area contributed by atoms with Crippen molar-refractivity contribution in [2.45, 2.75) is 25.9 Å². The molecule has 0 amide bonds. The monoisotopic (exact) mass is 192 g/mol. The van der Waals surface area contributed by atoms with Crippen LogP contribution in [0.25, 0.3) is 0 Å². The minimum absolute atomic E-state index is 0.0666. The van der Waals surface area contributed by atoms with Gasteiger partial charge in [0.1, 0.15) is 5.75 Å². The second kappa shape index (κ2) is 3.01. The van der Waals surface area contributed by atoms with Crippen LogP contribution >= 0.6 is 0 Å². The maximum atomic E-state index is 10.8. The van der Waals surface area contributed by atoms with E-state index in [1.54, 1.807) is 0 Å². The number of aryl methyl sites for hydroxylation is 1. The number of carbonyl (C=O) groups is 1. The second-order valence-corrected chi connectivity index (χ2v) is 3.71. The van der Waals surface area contributed by atoms with Gasteiger partial charge in [-0.05, 0) is 18.6 Å². The Hall–Kier alpha value is -1.51. The average molecular weight is 192 g/mol. The molecule has 2 rings (SSSR count). The van der Waals surface area contributed by atoms with Gasteiger partial charge in [0.25, 0.3) is 0 Å². The van der Waals surface area contributed by atoms with E-state index in [1.807, 2.05) is 32.0 Å². The second-order valence-electron chi connectivity index (χ2n) is 3.71. The average Bonchev–Trinajstić information content (AvgIpc) is 2.43. The van der Waals surface area contributed by atoms with Crippen LogP contribution in [0.5, 0.6) is 5.75 Å². The highest BCUT2D eigenvalue weighted by Gasteiger charge is 2.36. The van der Waals surface area contributed by atoms with E-state index in [1.165, 1.54) is 0 Å². The summed E-state index contributed by atoms with van der Waals surface area (Å²) >= 11 is 0. The van der Waals surface area contributed by atoms with Gasteiger partial charge in [-0.1, -0.05) is 19.1 Å². The number of carboxylic acids is 1. The molecule has 1 N–H and O–H groups in total. The molecular weight excluding hydrogens is 180 g/mol. The van der Waals surface area contributed by atoms with Crippen molar-refractivity contribution < 1.29 is 14.6 Å². The van der Waals surface area contributed by atoms with Crippen LogP contribution in [0.1, 0.15) is 24.0 Å². The molecule has 0 radical (unpaired) electrons. The summed E-state index contributed by atoms with van der Waals surface area (Å²) in [4.78, 5) is 10.8. The Balaban J connectivity index is 2.40. The standard InChI is InChI=1S/C11H12O3/c1-6-3-4-8-7(2)10(11(12)13)14-9(8)5-6/h3-5,7,10H,1-2H3,(H,12,13)/t7-,10-/m1/s1. The molecule has 0 saturated carbocycles. The van der Waals surface area contributed by atoms with E-state index in [2.05, 4.69) is 0 Å². The third kappa shape index (κ3) is 1.25. The first-order chi connectivity index (χ1) is 6.59. The van der Waals surface area contributed by atoms with Gasteiger partial charge in [0, 0.05) is 11.5 Å². The normalized spacial score (nSPS) is 24.1. The van der Waals surface area contributed by atoms with Gasteiger partial charge in [0.2, 0.25) is 6.10 Å². The third-order valence-electron chi connectivity index (χ3n) is 2.61. The highest BCUT2D eigenvalue weighted by Crippen LogP contribution is 2.38. The van der Waals surface area contributed by atoms with Crippen molar-refractivity contribution in [2.75, 3.05) is 0 Å². The fraction of sp³-hybridized carbons (Fsp3) is 0.364. The van der Waals surface area contributed by atoms with Crippen LogP contribution < -0.4 is 4.74 Å². The van der Waals surface area contributed by atoms with Crippen LogP contribution in [0.4, 0.5) is 0 Å². The van der Waals surface area contributed by atoms with E-state index >= 15 is 0 Å². The molecule has 74 valence electrons. The number of rotatable bonds is 1. The number of hydrogen-bond acceptors (Lipinski definition) is 2. The van der Waals surface area contributed by atoms with Gasteiger partial charge < -0.3 is 9.84 Å². The number of aliphatic carboxylic acids is 1. The molecule has 1 aromatic carbocycles. The molecule has 0 aromatic heterocycles. The quantitative estimate of drug-likeness (QED) is 0.739. The van der Waals surface area contributed by atoms with Gasteiger partial charge in [-0.3, -0.25) is 0 Å². The molecule has 0 fully saturated rings. The molecule has 0 saturated heterocycles. The topological polar surface area (TPSA) is 46.5 Å². The number of benzene rings is 1. The molecule has 0 unspecified atom stereocenters. The molecule has 1 aromatic rings. The SMILES string of the molecule is Cc1ccc2c(c1)O[C@@H](C(=O)O)[C@@H]2C. The highest BCUT2D eigenvalue weighted by atomic mass is 16.5. The maximum Gasteiger partial charge on any atom is 0.345 e. The summed E-state index contributed by atoms with van der Waals surface area (Å²) in [6, 6.07) is 5.80. The molecule has 1 heterocycles. The van der Waals surface area contributed by atoms with Gasteiger partial charge in [-0.2, -0.15) is 0 Å². The fourth-order valence-corrected chi connectivity index (χ4v) is 1.79. The van der Waals surface area contributed by atoms with E-state index in [0.717, 1.165) is 11.1 Å². The highest BCUT2D eigenvalue weighted by molar-refractivity contribution is 5.76. The lowest BCUT2D eigenvalue weighted by atomic mass is 9.97. The summed E-state index contributed by atoms with van der Waals surface area (Å²) in [5, 5.41) is 8.90. The van der Waals surface area contributed by atoms with Crippen molar-refractivity contribution in [3.8, 4) is 5.75 Å². The van der Waals surface area contributed by atoms with E-state index in [-0.39, 0.29) is 5.92 Å². The maximum absolute atomic E-state index is 10.8. The molecule has 0 aliphatic carbocycles. The Bertz CT molecular complexity index is 384. The third-order valence-corrected chi connectivity index (χ3v) is 2.61. The summed E-state index contributed by atoms with van der Waals surface area (Å²) in [6.45, 7) is 3.84. The van der Waals surface area contributed by atoms with Crippen LogP contribution in [0.3, 0.4) is 0 Å². The number of fused-ring (bicyclic) bond motifs is 1. The van der Waals surface area contributed by atoms with Crippen molar-refractivity contribution in [3.05, 3.63) is 29.3 Å². The van der Waals surface area contributed by atoms with Gasteiger partial charge in [0.05, 0.1) is 0 Å². The first-order valence-corrected chi connectivity index (χ1v) is 4.59. The molecule has 0 spiro atoms. The van der Waals surface area contributed by atoms with Gasteiger partial charge in [-0.15, -0.1) is 0 Å². The van der Waals surface area contributed by atoms with Crippen LogP contribution in [0.15, 0.2) is 18.2 Å². The first kappa shape index (κ1) is 9.06. The molecule has 2 atom stereocenters. The van der Waals surface area contributed by atoms with Crippen LogP contribution in [0.2, 0.25) is 0 Å². The van der Waals surface area contributed by atoms with Crippen molar-refractivity contribution in [2.24, 2.45) is 0 Å². The van der Waals surface area contributed by atoms with Crippen LogP contribution in [-0.2, 0) is 4.79 Å². The summed E-state index contributed by atoms with van der Waals surface area (Å²) in [7, 11) is 0. The molecule has 1 aliphatic rings. The molecule has 0 bridgehead atoms. The van der Waals surface area contributed by atoms with Gasteiger partial charge >= 0.3 is 5.97 Å². The minimum atomic E-state index is -0.897. The Morgan fingerprint density at radius 3 is 2.86 bits per heavy atom. The minimum Gasteiger partial charge on any atom is -0.478 e. The summed E-state index contributed by atoms with van der Waals surface area (Å²) < 4.78 is 5.36. The van der Waals surface area contributed by atoms with E-state index in [0.29, 0.717) is 5.75 Å². The summed E-state index contributed by atoms with van der Waals surface area (Å²) in [5.74, 6) is -0.251. The Kier molecular flexibility index (Phi) is 1.95. The van der Waals surface area contributed by atoms with E-state index in [4.69, 9.17) is 9.84 Å². The van der Waals surface area contributed by atoms with Crippen LogP contribution in [-0.4, -0.2) is 17.2 Å². The largest absolute Gasteiger partial charge is 0.478 e. The summed E-state index contributed by atoms with van der Waals surface area (Å²) in [6.07, 6.45) is -0.730. The van der Waals surface area contributed by atoms with Crippen LogP contribution in [0, 0.1) is 6.92 Å². The van der Waals surface area contributed by atoms with Crippen molar-refractivity contribution in [1.29, 1.82) is 0 Å². The smallest absolute Gasteiger partial charge is 0.345 e. The Morgan fingerprint density at radius 2 is 2.21 bits per heavy atom. The number of carboxylic acid groups (broad SMARTS) is 1. The lowest BCUT2D eigenvalue weighted by Gasteiger charge is -2.08. The zero-order valence-corrected chi connectivity index (χ0v) is 8.15. The van der Waals surface area contributed by atoms with Gasteiger partial charge in [0.15, 0.2) is 0 Å². The molecule has 3 nitrogen and oxygen atoms in total. The summed E-state index contributed by atoms with van der Waals surface area (Å²) in [5.41, 5.74) is 2.07. The lowest BCUT2D eigenvalue weighted by molar-refractivity contribution is -0.144. The first-order valence-electron chi connectivity index (χ1n) is 4.59. The predicted molar refractivity (Wildman–Crippen MR) is 51.6 cm³/mol. The van der Waals surface area contributed by atoms with E-state index < -0.39 is 12.1 Å². The van der Waals surface area contributed by atoms with Crippen molar-refractivity contribution in [1.82, 2.24) is 0 Å². The fourth-order valence-electron chi connectivity index (χ4n) is 1.79. The zero-order valence-electron chi connectivity index (χ0n) is 8.15. The van der Waals surface area contributed by atoms with Crippen molar-refractivity contribution in [3.63, 3.8) is 0 Å². The lowest BCUT2D eigenvalue weighted by Crippen LogP contribution is -2.27. The van der Waals surface area contributed by atoms with E-state index in [9.17, 15) is 4.79 Å². The molecular formula is C11H12O3. The van der Waals surface area contributed by atoms with Crippen molar-refractivity contribution >= 4 is 5.97 Å². The Labute approximate surface area is 82.3 Å². The molecule has 3 heteroatoms. The predicted octanol–water partition coefficient (Wildman–Crippen LogP) is 1.94. The zero-order chi connectivity index (χ0) is 10.3. The number of hydrogen-bond donors (Lipinski definition) is 1. The Morgan fingerprint density at radius 1 is 1.50 bits per heavy atom. The molecule has 1 aliphatic heterocycles. The van der Waals surface area contributed by atoms with Gasteiger partial charge in [-0.25, -0.2) is 4.79 Å². The number of ether oxygens (including phenoxy) is 1. The molecule has 14 heavy (non-hydrogen) atoms.